The van der Waals surface area contributed by atoms with Crippen molar-refractivity contribution in [2.75, 3.05) is 0 Å². The predicted molar refractivity (Wildman–Crippen MR) is 114 cm³/mol. The molecule has 3 aliphatic carbocycles. The van der Waals surface area contributed by atoms with Crippen molar-refractivity contribution in [3.63, 3.8) is 0 Å². The lowest BCUT2D eigenvalue weighted by Crippen LogP contribution is -2.30. The molecule has 1 aromatic rings. The van der Waals surface area contributed by atoms with Crippen LogP contribution >= 0.6 is 0 Å². The monoisotopic (exact) mass is 422 g/mol. The van der Waals surface area contributed by atoms with Crippen LogP contribution in [0.1, 0.15) is 88.7 Å². The Kier molecular flexibility index (Phi) is 6.99. The fourth-order valence-electron chi connectivity index (χ4n) is 6.80. The number of rotatable bonds is 5. The predicted octanol–water partition coefficient (Wildman–Crippen LogP) is 8.10. The van der Waals surface area contributed by atoms with Crippen LogP contribution in [-0.4, -0.2) is 6.36 Å². The van der Waals surface area contributed by atoms with Gasteiger partial charge < -0.3 is 4.74 Å². The summed E-state index contributed by atoms with van der Waals surface area (Å²) in [6.45, 7) is 2.31. The van der Waals surface area contributed by atoms with E-state index >= 15 is 0 Å². The van der Waals surface area contributed by atoms with Gasteiger partial charge in [-0.15, -0.1) is 13.2 Å². The normalized spacial score (nSPS) is 32.5. The highest BCUT2D eigenvalue weighted by molar-refractivity contribution is 5.37. The molecule has 0 radical (unpaired) electrons. The van der Waals surface area contributed by atoms with Crippen LogP contribution in [0.5, 0.6) is 5.75 Å². The molecule has 0 N–H and O–H groups in total. The summed E-state index contributed by atoms with van der Waals surface area (Å²) in [4.78, 5) is 0. The quantitative estimate of drug-likeness (QED) is 0.466. The summed E-state index contributed by atoms with van der Waals surface area (Å²) in [5.41, 5.74) is 2.28. The van der Waals surface area contributed by atoms with E-state index in [0.29, 0.717) is 5.92 Å². The van der Waals surface area contributed by atoms with Gasteiger partial charge in [-0.05, 0) is 111 Å². The third kappa shape index (κ3) is 5.53. The minimum atomic E-state index is -4.61. The van der Waals surface area contributed by atoms with Crippen LogP contribution < -0.4 is 4.74 Å². The van der Waals surface area contributed by atoms with Gasteiger partial charge in [0.25, 0.3) is 0 Å². The Morgan fingerprint density at radius 2 is 1.40 bits per heavy atom. The molecule has 0 amide bonds. The smallest absolute Gasteiger partial charge is 0.406 e. The van der Waals surface area contributed by atoms with Gasteiger partial charge in [0, 0.05) is 0 Å². The SMILES string of the molecule is CCCC1CCC(C2CCC(C3CCc4cc(OC(F)(F)F)ccc4C3)CC2)CC1. The molecule has 1 atom stereocenters. The molecule has 1 nitrogen and oxygen atoms in total. The number of hydrogen-bond acceptors (Lipinski definition) is 1. The third-order valence-electron chi connectivity index (χ3n) is 8.42. The van der Waals surface area contributed by atoms with Gasteiger partial charge in [-0.2, -0.15) is 0 Å². The topological polar surface area (TPSA) is 9.23 Å². The van der Waals surface area contributed by atoms with Crippen LogP contribution in [0.4, 0.5) is 13.2 Å². The van der Waals surface area contributed by atoms with Crippen molar-refractivity contribution in [1.82, 2.24) is 0 Å². The number of halogens is 3. The zero-order valence-corrected chi connectivity index (χ0v) is 18.4. The third-order valence-corrected chi connectivity index (χ3v) is 8.42. The van der Waals surface area contributed by atoms with Gasteiger partial charge in [0.15, 0.2) is 0 Å². The second-order valence-corrected chi connectivity index (χ2v) is 10.2. The Labute approximate surface area is 179 Å². The number of fused-ring (bicyclic) bond motifs is 1. The van der Waals surface area contributed by atoms with Gasteiger partial charge in [-0.3, -0.25) is 0 Å². The Hall–Kier alpha value is -1.19. The van der Waals surface area contributed by atoms with Gasteiger partial charge in [-0.1, -0.05) is 38.7 Å². The molecule has 0 heterocycles. The van der Waals surface area contributed by atoms with E-state index in [2.05, 4.69) is 11.7 Å². The number of hydrogen-bond donors (Lipinski definition) is 0. The van der Waals surface area contributed by atoms with Crippen molar-refractivity contribution >= 4 is 0 Å². The summed E-state index contributed by atoms with van der Waals surface area (Å²) in [5.74, 6) is 4.34. The lowest BCUT2D eigenvalue weighted by atomic mass is 9.65. The minimum absolute atomic E-state index is 0.0751. The Morgan fingerprint density at radius 3 is 2.00 bits per heavy atom. The molecule has 30 heavy (non-hydrogen) atoms. The van der Waals surface area contributed by atoms with E-state index in [-0.39, 0.29) is 5.75 Å². The Morgan fingerprint density at radius 1 is 0.800 bits per heavy atom. The maximum Gasteiger partial charge on any atom is 0.573 e. The van der Waals surface area contributed by atoms with Gasteiger partial charge in [0.2, 0.25) is 0 Å². The van der Waals surface area contributed by atoms with Crippen LogP contribution in [0.15, 0.2) is 18.2 Å². The van der Waals surface area contributed by atoms with E-state index in [4.69, 9.17) is 0 Å². The molecule has 168 valence electrons. The van der Waals surface area contributed by atoms with Crippen molar-refractivity contribution < 1.29 is 17.9 Å². The molecule has 0 aliphatic heterocycles. The van der Waals surface area contributed by atoms with Crippen LogP contribution in [0.25, 0.3) is 0 Å². The van der Waals surface area contributed by atoms with E-state index in [9.17, 15) is 13.2 Å². The second-order valence-electron chi connectivity index (χ2n) is 10.2. The van der Waals surface area contributed by atoms with Gasteiger partial charge >= 0.3 is 6.36 Å². The summed E-state index contributed by atoms with van der Waals surface area (Å²) in [5, 5.41) is 0. The van der Waals surface area contributed by atoms with E-state index < -0.39 is 6.36 Å². The first-order valence-electron chi connectivity index (χ1n) is 12.3. The van der Waals surface area contributed by atoms with Gasteiger partial charge in [-0.25, -0.2) is 0 Å². The summed E-state index contributed by atoms with van der Waals surface area (Å²) in [6, 6.07) is 4.95. The zero-order chi connectivity index (χ0) is 21.1. The first-order valence-corrected chi connectivity index (χ1v) is 12.3. The molecule has 0 aromatic heterocycles. The van der Waals surface area contributed by atoms with Crippen molar-refractivity contribution in [3.8, 4) is 5.75 Å². The summed E-state index contributed by atoms with van der Waals surface area (Å²) in [6.07, 6.45) is 12.5. The van der Waals surface area contributed by atoms with E-state index in [1.165, 1.54) is 75.8 Å². The maximum atomic E-state index is 12.5. The number of ether oxygens (including phenoxy) is 1. The first kappa shape index (κ1) is 22.0. The molecule has 0 bridgehead atoms. The average Bonchev–Trinajstić information content (AvgIpc) is 2.73. The summed E-state index contributed by atoms with van der Waals surface area (Å²) >= 11 is 0. The van der Waals surface area contributed by atoms with Crippen LogP contribution in [0.3, 0.4) is 0 Å². The Bertz CT molecular complexity index is 682. The van der Waals surface area contributed by atoms with Crippen LogP contribution in [0, 0.1) is 29.6 Å². The van der Waals surface area contributed by atoms with Crippen molar-refractivity contribution in [3.05, 3.63) is 29.3 Å². The molecule has 2 fully saturated rings. The highest BCUT2D eigenvalue weighted by atomic mass is 19.4. The molecular weight excluding hydrogens is 385 g/mol. The molecular formula is C26H37F3O. The lowest BCUT2D eigenvalue weighted by molar-refractivity contribution is -0.274. The standard InChI is InChI=1S/C26H37F3O/c1-2-3-18-4-6-19(7-5-18)20-8-10-21(11-9-20)22-12-13-24-17-25(30-26(27,28)29)15-14-23(24)16-22/h14-15,17-22H,2-13,16H2,1H3. The van der Waals surface area contributed by atoms with Gasteiger partial charge in [0.1, 0.15) is 5.75 Å². The zero-order valence-electron chi connectivity index (χ0n) is 18.4. The molecule has 1 aromatic carbocycles. The molecule has 0 saturated heterocycles. The average molecular weight is 423 g/mol. The first-order chi connectivity index (χ1) is 14.4. The van der Waals surface area contributed by atoms with E-state index in [1.54, 1.807) is 6.07 Å². The van der Waals surface area contributed by atoms with Gasteiger partial charge in [0.05, 0.1) is 0 Å². The molecule has 1 unspecified atom stereocenters. The largest absolute Gasteiger partial charge is 0.573 e. The summed E-state index contributed by atoms with van der Waals surface area (Å²) < 4.78 is 41.5. The minimum Gasteiger partial charge on any atom is -0.406 e. The molecule has 0 spiro atoms. The fourth-order valence-corrected chi connectivity index (χ4v) is 6.80. The number of benzene rings is 1. The molecule has 2 saturated carbocycles. The number of alkyl halides is 3. The van der Waals surface area contributed by atoms with Crippen LogP contribution in [-0.2, 0) is 12.8 Å². The fraction of sp³-hybridized carbons (Fsp3) is 0.769. The Balaban J connectivity index is 1.26. The van der Waals surface area contributed by atoms with Crippen molar-refractivity contribution in [2.24, 2.45) is 29.6 Å². The number of aryl methyl sites for hydroxylation is 1. The van der Waals surface area contributed by atoms with E-state index in [0.717, 1.165) is 48.5 Å². The molecule has 4 rings (SSSR count). The van der Waals surface area contributed by atoms with Crippen molar-refractivity contribution in [2.45, 2.75) is 96.8 Å². The van der Waals surface area contributed by atoms with Crippen molar-refractivity contribution in [1.29, 1.82) is 0 Å². The molecule has 3 aliphatic rings. The highest BCUT2D eigenvalue weighted by Crippen LogP contribution is 2.45. The summed E-state index contributed by atoms with van der Waals surface area (Å²) in [7, 11) is 0. The maximum absolute atomic E-state index is 12.5. The lowest BCUT2D eigenvalue weighted by Gasteiger charge is -2.41. The van der Waals surface area contributed by atoms with Crippen LogP contribution in [0.2, 0.25) is 0 Å². The second kappa shape index (κ2) is 9.53. The van der Waals surface area contributed by atoms with E-state index in [1.807, 2.05) is 6.07 Å². The highest BCUT2D eigenvalue weighted by Gasteiger charge is 2.35. The molecule has 4 heteroatoms.